The second kappa shape index (κ2) is 6.27. The highest BCUT2D eigenvalue weighted by Gasteiger charge is 2.28. The first-order chi connectivity index (χ1) is 10.2. The fourth-order valence-corrected chi connectivity index (χ4v) is 3.26. The minimum Gasteiger partial charge on any atom is -0.350 e. The summed E-state index contributed by atoms with van der Waals surface area (Å²) >= 11 is 1.70. The Labute approximate surface area is 129 Å². The molecule has 2 nitrogen and oxygen atoms in total. The fraction of sp³-hybridized carbons (Fsp3) is 0.278. The Kier molecular flexibility index (Phi) is 4.20. The molecule has 1 aliphatic carbocycles. The molecule has 2 aromatic rings. The van der Waals surface area contributed by atoms with Crippen molar-refractivity contribution < 1.29 is 4.79 Å². The van der Waals surface area contributed by atoms with Crippen molar-refractivity contribution in [3.63, 3.8) is 0 Å². The van der Waals surface area contributed by atoms with Gasteiger partial charge in [0.05, 0.1) is 0 Å². The van der Waals surface area contributed by atoms with Gasteiger partial charge in [-0.25, -0.2) is 0 Å². The van der Waals surface area contributed by atoms with Gasteiger partial charge in [-0.1, -0.05) is 30.3 Å². The van der Waals surface area contributed by atoms with E-state index in [1.807, 2.05) is 24.3 Å². The van der Waals surface area contributed by atoms with Crippen molar-refractivity contribution in [2.75, 3.05) is 0 Å². The van der Waals surface area contributed by atoms with Gasteiger partial charge in [-0.15, -0.1) is 11.3 Å². The molecule has 108 valence electrons. The third-order valence-corrected chi connectivity index (χ3v) is 4.88. The van der Waals surface area contributed by atoms with Crippen LogP contribution in [0.1, 0.15) is 24.6 Å². The van der Waals surface area contributed by atoms with Crippen LogP contribution in [-0.4, -0.2) is 11.9 Å². The Bertz CT molecular complexity index is 640. The molecule has 3 rings (SSSR count). The van der Waals surface area contributed by atoms with Crippen LogP contribution >= 0.6 is 11.3 Å². The topological polar surface area (TPSA) is 29.1 Å². The molecule has 0 saturated heterocycles. The maximum absolute atomic E-state index is 11.8. The second-order valence-electron chi connectivity index (χ2n) is 5.54. The summed E-state index contributed by atoms with van der Waals surface area (Å²) in [6.45, 7) is 2.09. The number of benzene rings is 1. The molecule has 3 heteroatoms. The predicted octanol–water partition coefficient (Wildman–Crippen LogP) is 4.34. The number of hydrogen-bond acceptors (Lipinski definition) is 2. The Morgan fingerprint density at radius 3 is 2.71 bits per heavy atom. The van der Waals surface area contributed by atoms with E-state index in [0.717, 1.165) is 4.88 Å². The zero-order valence-corrected chi connectivity index (χ0v) is 12.9. The van der Waals surface area contributed by atoms with E-state index in [-0.39, 0.29) is 5.91 Å². The van der Waals surface area contributed by atoms with Gasteiger partial charge in [0.2, 0.25) is 5.91 Å². The van der Waals surface area contributed by atoms with E-state index in [0.29, 0.717) is 12.0 Å². The molecule has 1 heterocycles. The summed E-state index contributed by atoms with van der Waals surface area (Å²) in [4.78, 5) is 14.2. The van der Waals surface area contributed by atoms with Crippen LogP contribution in [0.25, 0.3) is 16.5 Å². The summed E-state index contributed by atoms with van der Waals surface area (Å²) in [6, 6.07) is 14.8. The smallest absolute Gasteiger partial charge is 0.244 e. The van der Waals surface area contributed by atoms with Gasteiger partial charge < -0.3 is 5.32 Å². The summed E-state index contributed by atoms with van der Waals surface area (Å²) < 4.78 is 0. The highest BCUT2D eigenvalue weighted by molar-refractivity contribution is 7.16. The summed E-state index contributed by atoms with van der Waals surface area (Å²) in [5.41, 5.74) is 1.22. The maximum Gasteiger partial charge on any atom is 0.244 e. The van der Waals surface area contributed by atoms with Gasteiger partial charge in [-0.3, -0.25) is 4.79 Å². The van der Waals surface area contributed by atoms with Crippen molar-refractivity contribution in [3.8, 4) is 10.4 Å². The van der Waals surface area contributed by atoms with Crippen molar-refractivity contribution in [2.45, 2.75) is 25.8 Å². The lowest BCUT2D eigenvalue weighted by Crippen LogP contribution is -2.32. The van der Waals surface area contributed by atoms with Crippen LogP contribution in [0.4, 0.5) is 0 Å². The molecule has 21 heavy (non-hydrogen) atoms. The lowest BCUT2D eigenvalue weighted by molar-refractivity contribution is -0.117. The maximum atomic E-state index is 11.8. The van der Waals surface area contributed by atoms with Crippen molar-refractivity contribution in [1.82, 2.24) is 5.32 Å². The molecule has 1 saturated carbocycles. The largest absolute Gasteiger partial charge is 0.350 e. The average Bonchev–Trinajstić information content (AvgIpc) is 3.25. The molecule has 1 amide bonds. The minimum absolute atomic E-state index is 0.00376. The molecule has 0 spiro atoms. The third kappa shape index (κ3) is 3.82. The van der Waals surface area contributed by atoms with Crippen LogP contribution in [0.5, 0.6) is 0 Å². The van der Waals surface area contributed by atoms with E-state index in [9.17, 15) is 4.79 Å². The number of amides is 1. The molecular weight excluding hydrogens is 278 g/mol. The SMILES string of the molecule is CC(NC(=O)/C=C/c1ccc(-c2ccccc2)s1)C1CC1. The van der Waals surface area contributed by atoms with E-state index in [1.165, 1.54) is 23.3 Å². The fourth-order valence-electron chi connectivity index (χ4n) is 2.34. The van der Waals surface area contributed by atoms with E-state index in [2.05, 4.69) is 36.5 Å². The van der Waals surface area contributed by atoms with Gasteiger partial charge in [-0.2, -0.15) is 0 Å². The number of carbonyl (C=O) groups excluding carboxylic acids is 1. The first kappa shape index (κ1) is 14.1. The number of nitrogens with one attached hydrogen (secondary N) is 1. The minimum atomic E-state index is 0.00376. The van der Waals surface area contributed by atoms with E-state index >= 15 is 0 Å². The molecule has 1 aromatic carbocycles. The molecule has 1 atom stereocenters. The molecule has 1 N–H and O–H groups in total. The first-order valence-corrected chi connectivity index (χ1v) is 8.18. The zero-order chi connectivity index (χ0) is 14.7. The highest BCUT2D eigenvalue weighted by atomic mass is 32.1. The van der Waals surface area contributed by atoms with Gasteiger partial charge in [0, 0.05) is 21.9 Å². The van der Waals surface area contributed by atoms with Crippen LogP contribution in [0, 0.1) is 5.92 Å². The summed E-state index contributed by atoms with van der Waals surface area (Å²) in [5.74, 6) is 0.692. The monoisotopic (exact) mass is 297 g/mol. The number of carbonyl (C=O) groups is 1. The van der Waals surface area contributed by atoms with Gasteiger partial charge in [-0.05, 0) is 49.5 Å². The lowest BCUT2D eigenvalue weighted by atomic mass is 10.2. The molecule has 1 aromatic heterocycles. The van der Waals surface area contributed by atoms with Crippen LogP contribution in [0.15, 0.2) is 48.5 Å². The zero-order valence-electron chi connectivity index (χ0n) is 12.1. The van der Waals surface area contributed by atoms with Crippen LogP contribution in [0.3, 0.4) is 0 Å². The van der Waals surface area contributed by atoms with E-state index in [1.54, 1.807) is 17.4 Å². The normalized spacial score (nSPS) is 16.0. The first-order valence-electron chi connectivity index (χ1n) is 7.36. The number of thiophene rings is 1. The van der Waals surface area contributed by atoms with Crippen LogP contribution in [-0.2, 0) is 4.79 Å². The summed E-state index contributed by atoms with van der Waals surface area (Å²) in [5, 5.41) is 3.03. The average molecular weight is 297 g/mol. The quantitative estimate of drug-likeness (QED) is 0.817. The van der Waals surface area contributed by atoms with Gasteiger partial charge >= 0.3 is 0 Å². The molecule has 1 fully saturated rings. The lowest BCUT2D eigenvalue weighted by Gasteiger charge is -2.09. The Morgan fingerprint density at radius 1 is 1.24 bits per heavy atom. The number of rotatable bonds is 5. The van der Waals surface area contributed by atoms with E-state index < -0.39 is 0 Å². The summed E-state index contributed by atoms with van der Waals surface area (Å²) in [6.07, 6.45) is 6.03. The standard InChI is InChI=1S/C18H19NOS/c1-13(14-7-8-14)19-18(20)12-10-16-9-11-17(21-16)15-5-3-2-4-6-15/h2-6,9-14H,7-8H2,1H3,(H,19,20)/b12-10+. The predicted molar refractivity (Wildman–Crippen MR) is 89.1 cm³/mol. The van der Waals surface area contributed by atoms with Gasteiger partial charge in [0.25, 0.3) is 0 Å². The van der Waals surface area contributed by atoms with Crippen molar-refractivity contribution in [3.05, 3.63) is 53.4 Å². The van der Waals surface area contributed by atoms with Crippen LogP contribution in [0.2, 0.25) is 0 Å². The Balaban J connectivity index is 1.61. The number of hydrogen-bond donors (Lipinski definition) is 1. The third-order valence-electron chi connectivity index (χ3n) is 3.78. The molecular formula is C18H19NOS. The molecule has 0 bridgehead atoms. The molecule has 1 unspecified atom stereocenters. The molecule has 1 aliphatic rings. The Morgan fingerprint density at radius 2 is 2.00 bits per heavy atom. The Hall–Kier alpha value is -1.87. The van der Waals surface area contributed by atoms with Crippen LogP contribution < -0.4 is 5.32 Å². The van der Waals surface area contributed by atoms with Crippen molar-refractivity contribution in [2.24, 2.45) is 5.92 Å². The second-order valence-corrected chi connectivity index (χ2v) is 6.65. The molecule has 0 radical (unpaired) electrons. The highest BCUT2D eigenvalue weighted by Crippen LogP contribution is 2.32. The molecule has 0 aliphatic heterocycles. The van der Waals surface area contributed by atoms with Crippen molar-refractivity contribution >= 4 is 23.3 Å². The van der Waals surface area contributed by atoms with Gasteiger partial charge in [0.15, 0.2) is 0 Å². The van der Waals surface area contributed by atoms with Crippen molar-refractivity contribution in [1.29, 1.82) is 0 Å². The van der Waals surface area contributed by atoms with E-state index in [4.69, 9.17) is 0 Å². The summed E-state index contributed by atoms with van der Waals surface area (Å²) in [7, 11) is 0. The van der Waals surface area contributed by atoms with Gasteiger partial charge in [0.1, 0.15) is 0 Å².